The molecule has 0 unspecified atom stereocenters. The van der Waals surface area contributed by atoms with Crippen LogP contribution in [-0.4, -0.2) is 63.8 Å². The summed E-state index contributed by atoms with van der Waals surface area (Å²) < 4.78 is 0. The molecular weight excluding hydrogens is 436 g/mol. The van der Waals surface area contributed by atoms with E-state index in [0.717, 1.165) is 54.2 Å². The number of rotatable bonds is 5. The number of pyridine rings is 4. The quantitative estimate of drug-likeness (QED) is 0.419. The van der Waals surface area contributed by atoms with Gasteiger partial charge in [0, 0.05) is 67.5 Å². The second kappa shape index (κ2) is 9.21. The van der Waals surface area contributed by atoms with Crippen molar-refractivity contribution in [3.63, 3.8) is 0 Å². The molecule has 0 atom stereocenters. The highest BCUT2D eigenvalue weighted by molar-refractivity contribution is 6.30. The summed E-state index contributed by atoms with van der Waals surface area (Å²) >= 11 is 6.07. The molecule has 166 valence electrons. The van der Waals surface area contributed by atoms with E-state index in [-0.39, 0.29) is 12.2 Å². The molecular formula is C25H23ClN6O. The molecule has 1 fully saturated rings. The van der Waals surface area contributed by atoms with E-state index in [2.05, 4.69) is 31.8 Å². The number of carbonyl (C=O) groups is 1. The predicted molar refractivity (Wildman–Crippen MR) is 130 cm³/mol. The molecule has 8 heteroatoms. The van der Waals surface area contributed by atoms with Crippen LogP contribution in [0.3, 0.4) is 0 Å². The summed E-state index contributed by atoms with van der Waals surface area (Å²) in [6.07, 6.45) is 6.99. The van der Waals surface area contributed by atoms with Crippen LogP contribution in [0.2, 0.25) is 5.02 Å². The minimum atomic E-state index is 0.00910. The van der Waals surface area contributed by atoms with Crippen molar-refractivity contribution in [1.82, 2.24) is 24.8 Å². The zero-order valence-electron chi connectivity index (χ0n) is 18.3. The summed E-state index contributed by atoms with van der Waals surface area (Å²) in [7, 11) is 2.12. The van der Waals surface area contributed by atoms with Gasteiger partial charge in [-0.05, 0) is 43.4 Å². The monoisotopic (exact) mass is 458 g/mol. The Morgan fingerprint density at radius 2 is 1.85 bits per heavy atom. The van der Waals surface area contributed by atoms with E-state index in [1.807, 2.05) is 30.3 Å². The smallest absolute Gasteiger partial charge is 0.169 e. The number of halogens is 1. The lowest BCUT2D eigenvalue weighted by Gasteiger charge is -2.33. The number of carbonyl (C=O) groups excluding carboxylic acids is 1. The number of hydrogen-bond donors (Lipinski definition) is 0. The van der Waals surface area contributed by atoms with E-state index in [4.69, 9.17) is 16.6 Å². The van der Waals surface area contributed by atoms with E-state index < -0.39 is 0 Å². The van der Waals surface area contributed by atoms with Gasteiger partial charge in [-0.2, -0.15) is 0 Å². The Kier molecular flexibility index (Phi) is 5.98. The Morgan fingerprint density at radius 3 is 2.67 bits per heavy atom. The molecule has 0 spiro atoms. The minimum Gasteiger partial charge on any atom is -0.354 e. The van der Waals surface area contributed by atoms with Crippen LogP contribution in [0.5, 0.6) is 0 Å². The number of ketones is 1. The number of hydrogen-bond acceptors (Lipinski definition) is 7. The lowest BCUT2D eigenvalue weighted by atomic mass is 10.1. The summed E-state index contributed by atoms with van der Waals surface area (Å²) in [5.41, 5.74) is 3.71. The van der Waals surface area contributed by atoms with Gasteiger partial charge in [-0.25, -0.2) is 9.97 Å². The number of aromatic nitrogens is 4. The maximum Gasteiger partial charge on any atom is 0.169 e. The number of likely N-dealkylation sites (N-methyl/N-ethyl adjacent to an activating group) is 1. The molecule has 4 aromatic rings. The molecule has 5 rings (SSSR count). The van der Waals surface area contributed by atoms with Crippen molar-refractivity contribution in [2.75, 3.05) is 38.1 Å². The van der Waals surface area contributed by atoms with Gasteiger partial charge in [-0.3, -0.25) is 14.8 Å². The maximum absolute atomic E-state index is 13.0. The van der Waals surface area contributed by atoms with E-state index in [0.29, 0.717) is 16.3 Å². The summed E-state index contributed by atoms with van der Waals surface area (Å²) in [6, 6.07) is 11.2. The first-order valence-corrected chi connectivity index (χ1v) is 11.2. The van der Waals surface area contributed by atoms with Gasteiger partial charge in [0.2, 0.25) is 0 Å². The third-order valence-electron chi connectivity index (χ3n) is 5.87. The summed E-state index contributed by atoms with van der Waals surface area (Å²) in [5.74, 6) is 0.858. The zero-order valence-corrected chi connectivity index (χ0v) is 19.0. The van der Waals surface area contributed by atoms with Crippen LogP contribution >= 0.6 is 11.6 Å². The lowest BCUT2D eigenvalue weighted by Crippen LogP contribution is -2.44. The van der Waals surface area contributed by atoms with Crippen molar-refractivity contribution in [2.45, 2.75) is 6.42 Å². The van der Waals surface area contributed by atoms with Crippen LogP contribution in [0.25, 0.3) is 22.2 Å². The normalized spacial score (nSPS) is 14.5. The van der Waals surface area contributed by atoms with Crippen LogP contribution < -0.4 is 4.90 Å². The molecule has 0 N–H and O–H groups in total. The summed E-state index contributed by atoms with van der Waals surface area (Å²) in [6.45, 7) is 3.79. The average Bonchev–Trinajstić information content (AvgIpc) is 2.84. The van der Waals surface area contributed by atoms with Crippen LogP contribution in [0.1, 0.15) is 16.1 Å². The van der Waals surface area contributed by atoms with Crippen molar-refractivity contribution < 1.29 is 4.79 Å². The minimum absolute atomic E-state index is 0.00910. The molecule has 7 nitrogen and oxygen atoms in total. The maximum atomic E-state index is 13.0. The van der Waals surface area contributed by atoms with Crippen LogP contribution in [0.4, 0.5) is 5.82 Å². The molecule has 0 amide bonds. The van der Waals surface area contributed by atoms with E-state index in [1.54, 1.807) is 30.9 Å². The molecule has 1 aliphatic heterocycles. The number of Topliss-reactive ketones (excluding diaryl/α,β-unsaturated/α-hetero) is 1. The van der Waals surface area contributed by atoms with Gasteiger partial charge in [-0.1, -0.05) is 11.6 Å². The topological polar surface area (TPSA) is 75.1 Å². The molecule has 33 heavy (non-hydrogen) atoms. The third-order valence-corrected chi connectivity index (χ3v) is 6.07. The van der Waals surface area contributed by atoms with Crippen LogP contribution in [-0.2, 0) is 6.42 Å². The molecule has 4 aromatic heterocycles. The Morgan fingerprint density at radius 1 is 1.00 bits per heavy atom. The highest BCUT2D eigenvalue weighted by Gasteiger charge is 2.17. The highest BCUT2D eigenvalue weighted by Crippen LogP contribution is 2.23. The molecule has 0 saturated carbocycles. The lowest BCUT2D eigenvalue weighted by molar-refractivity contribution is 0.0992. The molecule has 1 aliphatic rings. The van der Waals surface area contributed by atoms with Gasteiger partial charge in [0.15, 0.2) is 5.78 Å². The van der Waals surface area contributed by atoms with Gasteiger partial charge < -0.3 is 9.80 Å². The third kappa shape index (κ3) is 4.84. The van der Waals surface area contributed by atoms with Crippen molar-refractivity contribution >= 4 is 34.1 Å². The summed E-state index contributed by atoms with van der Waals surface area (Å²) in [5, 5.41) is 1.47. The van der Waals surface area contributed by atoms with Crippen LogP contribution in [0, 0.1) is 0 Å². The molecule has 1 saturated heterocycles. The molecule has 0 bridgehead atoms. The van der Waals surface area contributed by atoms with Gasteiger partial charge in [0.25, 0.3) is 0 Å². The van der Waals surface area contributed by atoms with E-state index in [9.17, 15) is 4.79 Å². The second-order valence-electron chi connectivity index (χ2n) is 8.25. The first-order chi connectivity index (χ1) is 16.0. The fourth-order valence-electron chi connectivity index (χ4n) is 3.93. The van der Waals surface area contributed by atoms with Gasteiger partial charge in [0.1, 0.15) is 5.82 Å². The van der Waals surface area contributed by atoms with Crippen molar-refractivity contribution in [3.8, 4) is 11.3 Å². The molecule has 0 radical (unpaired) electrons. The first kappa shape index (κ1) is 21.4. The number of fused-ring (bicyclic) bond motifs is 1. The Hall–Kier alpha value is -3.42. The Bertz CT molecular complexity index is 1320. The fraction of sp³-hybridized carbons (Fsp3) is 0.240. The molecule has 5 heterocycles. The van der Waals surface area contributed by atoms with Gasteiger partial charge in [0.05, 0.1) is 28.3 Å². The SMILES string of the molecule is CN1CCN(c2cc(C(=O)Cc3cc4nc(-c5cncc(Cl)c5)ccc4cn3)ccn2)CC1. The van der Waals surface area contributed by atoms with Gasteiger partial charge >= 0.3 is 0 Å². The number of piperazine rings is 1. The number of nitrogens with zero attached hydrogens (tertiary/aromatic N) is 6. The largest absolute Gasteiger partial charge is 0.354 e. The van der Waals surface area contributed by atoms with Gasteiger partial charge in [-0.15, -0.1) is 0 Å². The molecule has 0 aromatic carbocycles. The Labute approximate surface area is 197 Å². The van der Waals surface area contributed by atoms with E-state index >= 15 is 0 Å². The fourth-order valence-corrected chi connectivity index (χ4v) is 4.11. The predicted octanol–water partition coefficient (Wildman–Crippen LogP) is 3.92. The number of anilines is 1. The van der Waals surface area contributed by atoms with Crippen molar-refractivity contribution in [1.29, 1.82) is 0 Å². The standard InChI is InChI=1S/C25H23ClN6O/c1-31-6-8-32(9-7-31)25-11-17(4-5-28-25)24(33)13-21-12-23-18(15-29-21)2-3-22(30-23)19-10-20(26)16-27-14-19/h2-5,10-12,14-16H,6-9,13H2,1H3. The van der Waals surface area contributed by atoms with Crippen LogP contribution in [0.15, 0.2) is 61.2 Å². The first-order valence-electron chi connectivity index (χ1n) is 10.8. The average molecular weight is 459 g/mol. The van der Waals surface area contributed by atoms with E-state index in [1.165, 1.54) is 0 Å². The zero-order chi connectivity index (χ0) is 22.8. The summed E-state index contributed by atoms with van der Waals surface area (Å²) in [4.78, 5) is 35.4. The van der Waals surface area contributed by atoms with Crippen molar-refractivity contribution in [2.24, 2.45) is 0 Å². The Balaban J connectivity index is 1.36. The highest BCUT2D eigenvalue weighted by atomic mass is 35.5. The second-order valence-corrected chi connectivity index (χ2v) is 8.69. The molecule has 0 aliphatic carbocycles. The van der Waals surface area contributed by atoms with Crippen molar-refractivity contribution in [3.05, 3.63) is 77.5 Å².